The lowest BCUT2D eigenvalue weighted by molar-refractivity contribution is 0.102. The number of ketones is 1. The average molecular weight is 363 g/mol. The molecule has 4 nitrogen and oxygen atoms in total. The molecule has 0 radical (unpaired) electrons. The first-order chi connectivity index (χ1) is 12.7. The number of benzene rings is 2. The highest BCUT2D eigenvalue weighted by molar-refractivity contribution is 7.12. The van der Waals surface area contributed by atoms with E-state index < -0.39 is 0 Å². The third kappa shape index (κ3) is 4.26. The molecule has 0 saturated carbocycles. The molecule has 26 heavy (non-hydrogen) atoms. The van der Waals surface area contributed by atoms with E-state index in [0.29, 0.717) is 21.9 Å². The molecular weight excluding hydrogens is 346 g/mol. The molecule has 1 amide bonds. The van der Waals surface area contributed by atoms with Crippen LogP contribution in [0.15, 0.2) is 72.1 Å². The number of rotatable bonds is 6. The number of hydrogen-bond donors (Lipinski definition) is 1. The molecular formula is C21H17NO3S. The number of carbonyl (C=O) groups excluding carboxylic acids is 2. The zero-order valence-corrected chi connectivity index (χ0v) is 15.0. The molecule has 0 spiro atoms. The Balaban J connectivity index is 1.67. The fourth-order valence-electron chi connectivity index (χ4n) is 2.38. The number of thiophene rings is 1. The van der Waals surface area contributed by atoms with Crippen molar-refractivity contribution >= 4 is 34.8 Å². The highest BCUT2D eigenvalue weighted by Gasteiger charge is 2.08. The van der Waals surface area contributed by atoms with Gasteiger partial charge in [0.1, 0.15) is 5.75 Å². The zero-order chi connectivity index (χ0) is 18.4. The Morgan fingerprint density at radius 2 is 1.77 bits per heavy atom. The van der Waals surface area contributed by atoms with Gasteiger partial charge in [-0.2, -0.15) is 0 Å². The molecule has 2 aromatic carbocycles. The molecule has 3 rings (SSSR count). The van der Waals surface area contributed by atoms with E-state index in [0.717, 1.165) is 5.56 Å². The molecule has 130 valence electrons. The van der Waals surface area contributed by atoms with Gasteiger partial charge in [-0.25, -0.2) is 0 Å². The summed E-state index contributed by atoms with van der Waals surface area (Å²) in [5.74, 6) is 0.436. The van der Waals surface area contributed by atoms with E-state index in [9.17, 15) is 9.59 Å². The largest absolute Gasteiger partial charge is 0.496 e. The van der Waals surface area contributed by atoms with E-state index in [-0.39, 0.29) is 11.7 Å². The minimum absolute atomic E-state index is 0.118. The fourth-order valence-corrected chi connectivity index (χ4v) is 3.00. The van der Waals surface area contributed by atoms with E-state index in [1.54, 1.807) is 43.5 Å². The molecule has 3 aromatic rings. The normalized spacial score (nSPS) is 10.7. The lowest BCUT2D eigenvalue weighted by Gasteiger charge is -2.05. The number of allylic oxidation sites excluding steroid dienone is 1. The van der Waals surface area contributed by atoms with Crippen LogP contribution in [0.3, 0.4) is 0 Å². The standard InChI is InChI=1S/C21H17NO3S/c1-25-19-6-3-2-5-16(19)10-13-18(23)15-8-11-17(12-9-15)22-21(24)20-7-4-14-26-20/h2-14H,1H3,(H,22,24). The van der Waals surface area contributed by atoms with Crippen molar-refractivity contribution in [2.24, 2.45) is 0 Å². The summed E-state index contributed by atoms with van der Waals surface area (Å²) in [6.07, 6.45) is 3.24. The van der Waals surface area contributed by atoms with Gasteiger partial charge in [-0.3, -0.25) is 9.59 Å². The van der Waals surface area contributed by atoms with E-state index in [4.69, 9.17) is 4.74 Å². The number of anilines is 1. The monoisotopic (exact) mass is 363 g/mol. The Bertz CT molecular complexity index is 928. The van der Waals surface area contributed by atoms with Gasteiger partial charge >= 0.3 is 0 Å². The van der Waals surface area contributed by atoms with E-state index in [1.165, 1.54) is 17.4 Å². The predicted molar refractivity (Wildman–Crippen MR) is 105 cm³/mol. The van der Waals surface area contributed by atoms with Gasteiger partial charge in [0.2, 0.25) is 0 Å². The summed E-state index contributed by atoms with van der Waals surface area (Å²) in [5, 5.41) is 4.66. The third-order valence-corrected chi connectivity index (χ3v) is 4.59. The summed E-state index contributed by atoms with van der Waals surface area (Å²) in [6.45, 7) is 0. The summed E-state index contributed by atoms with van der Waals surface area (Å²) in [5.41, 5.74) is 2.03. The Morgan fingerprint density at radius 1 is 1.00 bits per heavy atom. The van der Waals surface area contributed by atoms with Gasteiger partial charge < -0.3 is 10.1 Å². The van der Waals surface area contributed by atoms with Crippen molar-refractivity contribution in [2.75, 3.05) is 12.4 Å². The Hall–Kier alpha value is -3.18. The second-order valence-electron chi connectivity index (χ2n) is 5.45. The van der Waals surface area contributed by atoms with Crippen LogP contribution in [-0.2, 0) is 0 Å². The Kier molecular flexibility index (Phi) is 5.61. The maximum Gasteiger partial charge on any atom is 0.265 e. The van der Waals surface area contributed by atoms with E-state index in [1.807, 2.05) is 35.7 Å². The maximum absolute atomic E-state index is 12.3. The van der Waals surface area contributed by atoms with Gasteiger partial charge in [0, 0.05) is 16.8 Å². The number of methoxy groups -OCH3 is 1. The van der Waals surface area contributed by atoms with Crippen LogP contribution in [0.2, 0.25) is 0 Å². The molecule has 0 aliphatic carbocycles. The number of nitrogens with one attached hydrogen (secondary N) is 1. The number of hydrogen-bond acceptors (Lipinski definition) is 4. The van der Waals surface area contributed by atoms with Gasteiger partial charge in [0.05, 0.1) is 12.0 Å². The molecule has 1 N–H and O–H groups in total. The Morgan fingerprint density at radius 3 is 2.46 bits per heavy atom. The predicted octanol–water partition coefficient (Wildman–Crippen LogP) is 4.91. The SMILES string of the molecule is COc1ccccc1C=CC(=O)c1ccc(NC(=O)c2cccs2)cc1. The second-order valence-corrected chi connectivity index (χ2v) is 6.40. The summed E-state index contributed by atoms with van der Waals surface area (Å²) in [6, 6.07) is 17.9. The van der Waals surface area contributed by atoms with Gasteiger partial charge in [-0.15, -0.1) is 11.3 Å². The van der Waals surface area contributed by atoms with E-state index >= 15 is 0 Å². The smallest absolute Gasteiger partial charge is 0.265 e. The molecule has 0 aliphatic rings. The van der Waals surface area contributed by atoms with Crippen molar-refractivity contribution in [3.05, 3.63) is 88.1 Å². The van der Waals surface area contributed by atoms with Gasteiger partial charge in [0.25, 0.3) is 5.91 Å². The van der Waals surface area contributed by atoms with Crippen LogP contribution in [-0.4, -0.2) is 18.8 Å². The quantitative estimate of drug-likeness (QED) is 0.500. The van der Waals surface area contributed by atoms with Crippen LogP contribution in [0.5, 0.6) is 5.75 Å². The van der Waals surface area contributed by atoms with Crippen LogP contribution >= 0.6 is 11.3 Å². The molecule has 0 saturated heterocycles. The molecule has 5 heteroatoms. The second kappa shape index (κ2) is 8.27. The number of ether oxygens (including phenoxy) is 1. The van der Waals surface area contributed by atoms with Gasteiger partial charge in [-0.1, -0.05) is 24.3 Å². The molecule has 0 aliphatic heterocycles. The fraction of sp³-hybridized carbons (Fsp3) is 0.0476. The molecule has 0 unspecified atom stereocenters. The van der Waals surface area contributed by atoms with Crippen LogP contribution in [0.25, 0.3) is 6.08 Å². The molecule has 1 heterocycles. The Labute approximate surface area is 155 Å². The van der Waals surface area contributed by atoms with Crippen molar-refractivity contribution in [2.45, 2.75) is 0 Å². The van der Waals surface area contributed by atoms with Crippen molar-refractivity contribution in [1.82, 2.24) is 0 Å². The third-order valence-electron chi connectivity index (χ3n) is 3.73. The topological polar surface area (TPSA) is 55.4 Å². The summed E-state index contributed by atoms with van der Waals surface area (Å²) < 4.78 is 5.26. The van der Waals surface area contributed by atoms with Gasteiger partial charge in [-0.05, 0) is 53.9 Å². The minimum atomic E-state index is -0.157. The first kappa shape index (κ1) is 17.6. The summed E-state index contributed by atoms with van der Waals surface area (Å²) in [4.78, 5) is 25.0. The molecule has 0 atom stereocenters. The zero-order valence-electron chi connectivity index (χ0n) is 14.1. The molecule has 0 fully saturated rings. The lowest BCUT2D eigenvalue weighted by atomic mass is 10.1. The van der Waals surface area contributed by atoms with E-state index in [2.05, 4.69) is 5.32 Å². The minimum Gasteiger partial charge on any atom is -0.496 e. The number of carbonyl (C=O) groups is 2. The highest BCUT2D eigenvalue weighted by Crippen LogP contribution is 2.19. The van der Waals surface area contributed by atoms with Crippen LogP contribution in [0.1, 0.15) is 25.6 Å². The van der Waals surface area contributed by atoms with Crippen LogP contribution in [0, 0.1) is 0 Å². The average Bonchev–Trinajstić information content (AvgIpc) is 3.22. The summed E-state index contributed by atoms with van der Waals surface area (Å²) in [7, 11) is 1.59. The number of para-hydroxylation sites is 1. The molecule has 0 bridgehead atoms. The van der Waals surface area contributed by atoms with Crippen molar-refractivity contribution in [3.8, 4) is 5.75 Å². The summed E-state index contributed by atoms with van der Waals surface area (Å²) >= 11 is 1.38. The van der Waals surface area contributed by atoms with Gasteiger partial charge in [0.15, 0.2) is 5.78 Å². The first-order valence-electron chi connectivity index (χ1n) is 7.98. The highest BCUT2D eigenvalue weighted by atomic mass is 32.1. The van der Waals surface area contributed by atoms with Crippen molar-refractivity contribution in [1.29, 1.82) is 0 Å². The van der Waals surface area contributed by atoms with Crippen molar-refractivity contribution < 1.29 is 14.3 Å². The first-order valence-corrected chi connectivity index (χ1v) is 8.85. The lowest BCUT2D eigenvalue weighted by Crippen LogP contribution is -2.10. The maximum atomic E-state index is 12.3. The molecule has 1 aromatic heterocycles. The van der Waals surface area contributed by atoms with Crippen LogP contribution in [0.4, 0.5) is 5.69 Å². The van der Waals surface area contributed by atoms with Crippen LogP contribution < -0.4 is 10.1 Å². The van der Waals surface area contributed by atoms with Crippen molar-refractivity contribution in [3.63, 3.8) is 0 Å². The number of amides is 1.